The van der Waals surface area contributed by atoms with E-state index in [1.165, 1.54) is 11.1 Å². The first-order chi connectivity index (χ1) is 14.2. The summed E-state index contributed by atoms with van der Waals surface area (Å²) in [5.74, 6) is 0.676. The van der Waals surface area contributed by atoms with E-state index in [9.17, 15) is 4.79 Å². The van der Waals surface area contributed by atoms with Crippen LogP contribution in [-0.2, 0) is 19.6 Å². The number of anilines is 1. The van der Waals surface area contributed by atoms with Crippen LogP contribution < -0.4 is 10.2 Å². The third kappa shape index (κ3) is 3.10. The molecule has 0 spiro atoms. The highest BCUT2D eigenvalue weighted by molar-refractivity contribution is 5.94. The van der Waals surface area contributed by atoms with Crippen molar-refractivity contribution in [1.29, 1.82) is 0 Å². The molecule has 0 unspecified atom stereocenters. The van der Waals surface area contributed by atoms with Crippen molar-refractivity contribution in [3.63, 3.8) is 0 Å². The summed E-state index contributed by atoms with van der Waals surface area (Å²) in [6.45, 7) is 2.16. The summed E-state index contributed by atoms with van der Waals surface area (Å²) in [5, 5.41) is 8.32. The number of fused-ring (bicyclic) bond motifs is 2. The topological polar surface area (TPSA) is 75.9 Å². The van der Waals surface area contributed by atoms with Crippen molar-refractivity contribution in [1.82, 2.24) is 25.1 Å². The third-order valence-corrected chi connectivity index (χ3v) is 5.22. The minimum atomic E-state index is -0.311. The Hall–Kier alpha value is -3.74. The molecule has 0 atom stereocenters. The predicted molar refractivity (Wildman–Crippen MR) is 111 cm³/mol. The molecule has 3 heterocycles. The molecule has 0 radical (unpaired) electrons. The molecule has 0 fully saturated rings. The van der Waals surface area contributed by atoms with Gasteiger partial charge in [-0.05, 0) is 16.7 Å². The highest BCUT2D eigenvalue weighted by Gasteiger charge is 2.25. The fraction of sp³-hybridized carbons (Fsp3) is 0.182. The van der Waals surface area contributed by atoms with Crippen molar-refractivity contribution >= 4 is 22.8 Å². The van der Waals surface area contributed by atoms with Crippen LogP contribution in [0.4, 0.5) is 5.82 Å². The zero-order valence-electron chi connectivity index (χ0n) is 16.0. The molecule has 0 aliphatic carbocycles. The molecule has 0 saturated carbocycles. The van der Waals surface area contributed by atoms with Gasteiger partial charge in [0.05, 0.1) is 11.9 Å². The highest BCUT2D eigenvalue weighted by atomic mass is 16.2. The Balaban J connectivity index is 1.60. The second kappa shape index (κ2) is 7.01. The Bertz CT molecular complexity index is 1180. The van der Waals surface area contributed by atoms with E-state index in [1.807, 2.05) is 22.9 Å². The van der Waals surface area contributed by atoms with Gasteiger partial charge in [-0.3, -0.25) is 4.79 Å². The number of aromatic nitrogens is 4. The molecule has 4 aromatic rings. The van der Waals surface area contributed by atoms with Gasteiger partial charge in [-0.1, -0.05) is 54.6 Å². The summed E-state index contributed by atoms with van der Waals surface area (Å²) in [6, 6.07) is 18.5. The summed E-state index contributed by atoms with van der Waals surface area (Å²) in [4.78, 5) is 23.1. The lowest BCUT2D eigenvalue weighted by Crippen LogP contribution is -2.21. The van der Waals surface area contributed by atoms with Crippen molar-refractivity contribution in [2.45, 2.75) is 19.6 Å². The average Bonchev–Trinajstić information content (AvgIpc) is 3.35. The van der Waals surface area contributed by atoms with Gasteiger partial charge in [-0.25, -0.2) is 14.6 Å². The summed E-state index contributed by atoms with van der Waals surface area (Å²) in [5.41, 5.74) is 4.39. The number of amides is 1. The summed E-state index contributed by atoms with van der Waals surface area (Å²) in [7, 11) is 1.57. The molecule has 29 heavy (non-hydrogen) atoms. The van der Waals surface area contributed by atoms with Crippen LogP contribution in [0.1, 0.15) is 27.3 Å². The molecule has 0 bridgehead atoms. The molecule has 0 saturated heterocycles. The van der Waals surface area contributed by atoms with Gasteiger partial charge < -0.3 is 10.2 Å². The Morgan fingerprint density at radius 2 is 1.72 bits per heavy atom. The average molecular weight is 384 g/mol. The maximum absolute atomic E-state index is 12.1. The van der Waals surface area contributed by atoms with E-state index in [1.54, 1.807) is 13.2 Å². The number of nitrogens with zero attached hydrogens (tertiary/aromatic N) is 5. The van der Waals surface area contributed by atoms with Crippen LogP contribution >= 0.6 is 0 Å². The minimum Gasteiger partial charge on any atom is -0.352 e. The van der Waals surface area contributed by atoms with Gasteiger partial charge in [0.1, 0.15) is 0 Å². The highest BCUT2D eigenvalue weighted by Crippen LogP contribution is 2.32. The van der Waals surface area contributed by atoms with E-state index in [-0.39, 0.29) is 11.7 Å². The number of carbonyl (C=O) groups is 1. The number of rotatable bonds is 4. The predicted octanol–water partition coefficient (Wildman–Crippen LogP) is 2.75. The molecule has 2 aromatic carbocycles. The van der Waals surface area contributed by atoms with Crippen LogP contribution in [0.2, 0.25) is 0 Å². The summed E-state index contributed by atoms with van der Waals surface area (Å²) in [6.07, 6.45) is 1.71. The van der Waals surface area contributed by atoms with Crippen molar-refractivity contribution in [3.05, 3.63) is 83.3 Å². The number of nitrogens with one attached hydrogen (secondary N) is 1. The first-order valence-electron chi connectivity index (χ1n) is 9.54. The van der Waals surface area contributed by atoms with Gasteiger partial charge in [0, 0.05) is 26.3 Å². The molecule has 2 aromatic heterocycles. The van der Waals surface area contributed by atoms with E-state index < -0.39 is 0 Å². The van der Waals surface area contributed by atoms with Crippen molar-refractivity contribution in [2.75, 3.05) is 11.9 Å². The Morgan fingerprint density at radius 3 is 2.41 bits per heavy atom. The standard InChI is InChI=1S/C22H20N6O/c1-23-22(29)19-24-11-18-20(25-19)28(12-15-7-3-2-4-8-15)26-21(18)27-13-16-9-5-6-10-17(16)14-27/h2-11H,12-14H2,1H3,(H,23,29). The van der Waals surface area contributed by atoms with Crippen LogP contribution in [0.5, 0.6) is 0 Å². The first kappa shape index (κ1) is 17.4. The van der Waals surface area contributed by atoms with Gasteiger partial charge in [-0.15, -0.1) is 0 Å². The summed E-state index contributed by atoms with van der Waals surface area (Å²) < 4.78 is 1.86. The molecule has 1 N–H and O–H groups in total. The number of hydrogen-bond donors (Lipinski definition) is 1. The van der Waals surface area contributed by atoms with Crippen LogP contribution in [0.25, 0.3) is 11.0 Å². The smallest absolute Gasteiger partial charge is 0.288 e. The maximum atomic E-state index is 12.1. The lowest BCUT2D eigenvalue weighted by Gasteiger charge is -2.14. The van der Waals surface area contributed by atoms with E-state index in [0.29, 0.717) is 12.2 Å². The van der Waals surface area contributed by atoms with Gasteiger partial charge in [0.25, 0.3) is 5.91 Å². The minimum absolute atomic E-state index is 0.144. The molecule has 7 heteroatoms. The second-order valence-electron chi connectivity index (χ2n) is 7.10. The lowest BCUT2D eigenvalue weighted by atomic mass is 10.1. The van der Waals surface area contributed by atoms with Crippen LogP contribution in [-0.4, -0.2) is 32.7 Å². The van der Waals surface area contributed by atoms with Crippen LogP contribution in [0, 0.1) is 0 Å². The van der Waals surface area contributed by atoms with E-state index >= 15 is 0 Å². The van der Waals surface area contributed by atoms with E-state index in [4.69, 9.17) is 5.10 Å². The van der Waals surface area contributed by atoms with E-state index in [0.717, 1.165) is 29.9 Å². The monoisotopic (exact) mass is 384 g/mol. The molecule has 1 amide bonds. The Morgan fingerprint density at radius 1 is 1.03 bits per heavy atom. The van der Waals surface area contributed by atoms with Crippen LogP contribution in [0.3, 0.4) is 0 Å². The molecule has 144 valence electrons. The van der Waals surface area contributed by atoms with Crippen molar-refractivity contribution in [2.24, 2.45) is 0 Å². The fourth-order valence-corrected chi connectivity index (χ4v) is 3.75. The Kier molecular flexibility index (Phi) is 4.20. The Labute approximate surface area is 168 Å². The van der Waals surface area contributed by atoms with Crippen molar-refractivity contribution < 1.29 is 4.79 Å². The molecular formula is C22H20N6O. The van der Waals surface area contributed by atoms with Gasteiger partial charge in [0.2, 0.25) is 5.82 Å². The van der Waals surface area contributed by atoms with Crippen LogP contribution in [0.15, 0.2) is 60.8 Å². The first-order valence-corrected chi connectivity index (χ1v) is 9.54. The molecule has 7 nitrogen and oxygen atoms in total. The largest absolute Gasteiger partial charge is 0.352 e. The summed E-state index contributed by atoms with van der Waals surface area (Å²) >= 11 is 0. The normalized spacial score (nSPS) is 12.9. The van der Waals surface area contributed by atoms with E-state index in [2.05, 4.69) is 56.6 Å². The SMILES string of the molecule is CNC(=O)c1ncc2c(N3Cc4ccccc4C3)nn(Cc3ccccc3)c2n1. The molecular weight excluding hydrogens is 364 g/mol. The van der Waals surface area contributed by atoms with Crippen molar-refractivity contribution in [3.8, 4) is 0 Å². The second-order valence-corrected chi connectivity index (χ2v) is 7.10. The zero-order valence-corrected chi connectivity index (χ0v) is 16.0. The number of hydrogen-bond acceptors (Lipinski definition) is 5. The molecule has 1 aliphatic heterocycles. The number of benzene rings is 2. The lowest BCUT2D eigenvalue weighted by molar-refractivity contribution is 0.0953. The molecule has 1 aliphatic rings. The number of carbonyl (C=O) groups excluding carboxylic acids is 1. The fourth-order valence-electron chi connectivity index (χ4n) is 3.75. The third-order valence-electron chi connectivity index (χ3n) is 5.22. The van der Waals surface area contributed by atoms with Gasteiger partial charge >= 0.3 is 0 Å². The maximum Gasteiger partial charge on any atom is 0.288 e. The van der Waals surface area contributed by atoms with Gasteiger partial charge in [-0.2, -0.15) is 5.10 Å². The zero-order chi connectivity index (χ0) is 19.8. The van der Waals surface area contributed by atoms with Gasteiger partial charge in [0.15, 0.2) is 11.5 Å². The molecule has 5 rings (SSSR count). The quantitative estimate of drug-likeness (QED) is 0.586.